The van der Waals surface area contributed by atoms with Gasteiger partial charge >= 0.3 is 0 Å². The second-order valence-corrected chi connectivity index (χ2v) is 10.00. The van der Waals surface area contributed by atoms with Crippen LogP contribution in [0.5, 0.6) is 0 Å². The molecule has 3 rings (SSSR count). The standard InChI is InChI=1S/C21H20ClFN2.C12H19NO/c1-3-4-5-16-19-18(11-10-17(22)20(19)23)25-21(16)13(2)15-8-6-14(12-24)7-9-15;1-5-7-11(4)13-9-8-10(3)12(14)6-2/h6-11,13,25H,3-5H2,1-2H3;8-9H,3,5-7H2,1-2,4H3/b;9-8-,13-11?. The maximum absolute atomic E-state index is 14.7. The number of hydrogen-bond donors (Lipinski definition) is 1. The molecule has 6 heteroatoms. The number of H-pyrrole nitrogens is 1. The van der Waals surface area contributed by atoms with Crippen molar-refractivity contribution in [1.29, 1.82) is 5.26 Å². The summed E-state index contributed by atoms with van der Waals surface area (Å²) in [5, 5.41) is 9.73. The topological polar surface area (TPSA) is 69.0 Å². The van der Waals surface area contributed by atoms with Crippen molar-refractivity contribution in [1.82, 2.24) is 4.98 Å². The summed E-state index contributed by atoms with van der Waals surface area (Å²) >= 11 is 6.01. The van der Waals surface area contributed by atoms with Crippen molar-refractivity contribution in [3.05, 3.63) is 94.1 Å². The molecule has 4 nitrogen and oxygen atoms in total. The van der Waals surface area contributed by atoms with Gasteiger partial charge in [-0.1, -0.05) is 70.8 Å². The van der Waals surface area contributed by atoms with Crippen LogP contribution in [0.1, 0.15) is 95.0 Å². The number of nitriles is 1. The van der Waals surface area contributed by atoms with E-state index >= 15 is 0 Å². The minimum absolute atomic E-state index is 0.0737. The third-order valence-electron chi connectivity index (χ3n) is 6.61. The molecule has 0 fully saturated rings. The fourth-order valence-electron chi connectivity index (χ4n) is 4.30. The van der Waals surface area contributed by atoms with Gasteiger partial charge in [-0.15, -0.1) is 0 Å². The number of unbranched alkanes of at least 4 members (excludes halogenated alkanes) is 1. The van der Waals surface area contributed by atoms with Gasteiger partial charge in [-0.25, -0.2) is 4.39 Å². The number of aromatic nitrogens is 1. The zero-order valence-corrected chi connectivity index (χ0v) is 24.5. The number of carbonyl (C=O) groups is 1. The zero-order chi connectivity index (χ0) is 28.9. The second kappa shape index (κ2) is 15.8. The quantitative estimate of drug-likeness (QED) is 0.147. The highest BCUT2D eigenvalue weighted by molar-refractivity contribution is 6.31. The molecule has 0 spiro atoms. The van der Waals surface area contributed by atoms with Crippen LogP contribution in [0.4, 0.5) is 4.39 Å². The number of ketones is 1. The number of allylic oxidation sites excluding steroid dienone is 2. The molecule has 0 radical (unpaired) electrons. The van der Waals surface area contributed by atoms with Crippen molar-refractivity contribution < 1.29 is 9.18 Å². The molecule has 1 N–H and O–H groups in total. The van der Waals surface area contributed by atoms with Crippen molar-refractivity contribution in [3.63, 3.8) is 0 Å². The summed E-state index contributed by atoms with van der Waals surface area (Å²) in [7, 11) is 0. The molecule has 0 amide bonds. The van der Waals surface area contributed by atoms with Gasteiger partial charge in [0.1, 0.15) is 0 Å². The molecule has 0 aliphatic heterocycles. The molecule has 0 aliphatic rings. The Bertz CT molecular complexity index is 1380. The summed E-state index contributed by atoms with van der Waals surface area (Å²) in [6.45, 7) is 13.8. The summed E-state index contributed by atoms with van der Waals surface area (Å²) in [6.07, 6.45) is 8.76. The van der Waals surface area contributed by atoms with Crippen LogP contribution in [0.3, 0.4) is 0 Å². The molecule has 1 unspecified atom stereocenters. The molecule has 0 saturated carbocycles. The molecule has 0 saturated heterocycles. The van der Waals surface area contributed by atoms with Crippen LogP contribution < -0.4 is 0 Å². The minimum atomic E-state index is -0.347. The first kappa shape index (κ1) is 31.7. The number of fused-ring (bicyclic) bond motifs is 1. The van der Waals surface area contributed by atoms with Gasteiger partial charge in [0.05, 0.1) is 16.7 Å². The maximum Gasteiger partial charge on any atom is 0.162 e. The highest BCUT2D eigenvalue weighted by Crippen LogP contribution is 2.36. The molecule has 0 bridgehead atoms. The van der Waals surface area contributed by atoms with Crippen molar-refractivity contribution >= 4 is 34.0 Å². The number of aryl methyl sites for hydroxylation is 1. The lowest BCUT2D eigenvalue weighted by Gasteiger charge is -2.14. The zero-order valence-electron chi connectivity index (χ0n) is 23.7. The molecular formula is C33H39ClFN3O. The van der Waals surface area contributed by atoms with E-state index in [0.717, 1.165) is 60.2 Å². The first-order valence-corrected chi connectivity index (χ1v) is 14.0. The van der Waals surface area contributed by atoms with Crippen molar-refractivity contribution in [2.45, 2.75) is 79.1 Å². The van der Waals surface area contributed by atoms with Gasteiger partial charge in [0.2, 0.25) is 0 Å². The summed E-state index contributed by atoms with van der Waals surface area (Å²) in [4.78, 5) is 18.7. The fraction of sp³-hybridized carbons (Fsp3) is 0.364. The summed E-state index contributed by atoms with van der Waals surface area (Å²) in [6, 6.07) is 13.1. The van der Waals surface area contributed by atoms with Crippen molar-refractivity contribution in [2.24, 2.45) is 4.99 Å². The minimum Gasteiger partial charge on any atom is -0.358 e. The van der Waals surface area contributed by atoms with E-state index in [4.69, 9.17) is 16.9 Å². The van der Waals surface area contributed by atoms with Gasteiger partial charge in [-0.2, -0.15) is 5.26 Å². The third kappa shape index (κ3) is 8.76. The highest BCUT2D eigenvalue weighted by atomic mass is 35.5. The monoisotopic (exact) mass is 547 g/mol. The normalized spacial score (nSPS) is 12.2. The average Bonchev–Trinajstić information content (AvgIpc) is 3.32. The first-order chi connectivity index (χ1) is 18.7. The van der Waals surface area contributed by atoms with Crippen LogP contribution in [-0.2, 0) is 11.2 Å². The number of aromatic amines is 1. The van der Waals surface area contributed by atoms with Crippen LogP contribution in [-0.4, -0.2) is 16.5 Å². The average molecular weight is 548 g/mol. The lowest BCUT2D eigenvalue weighted by atomic mass is 9.92. The van der Waals surface area contributed by atoms with E-state index in [1.54, 1.807) is 18.3 Å². The number of rotatable bonds is 11. The van der Waals surface area contributed by atoms with E-state index in [1.807, 2.05) is 44.2 Å². The number of Topliss-reactive ketones (excluding diaryl/α,β-unsaturated/α-hetero) is 1. The van der Waals surface area contributed by atoms with E-state index < -0.39 is 0 Å². The van der Waals surface area contributed by atoms with Gasteiger partial charge in [0.25, 0.3) is 0 Å². The molecule has 3 aromatic rings. The number of carbonyl (C=O) groups excluding carboxylic acids is 1. The summed E-state index contributed by atoms with van der Waals surface area (Å²) in [5.74, 6) is -0.199. The fourth-order valence-corrected chi connectivity index (χ4v) is 4.46. The lowest BCUT2D eigenvalue weighted by molar-refractivity contribution is -0.114. The largest absolute Gasteiger partial charge is 0.358 e. The molecule has 2 aromatic carbocycles. The van der Waals surface area contributed by atoms with E-state index in [-0.39, 0.29) is 22.5 Å². The maximum atomic E-state index is 14.7. The SMILES string of the molecule is C=C(/C=C\N=C(C)CCC)C(=O)CC.CCCCc1c(C(C)c2ccc(C#N)cc2)[nH]c2ccc(Cl)c(F)c12. The van der Waals surface area contributed by atoms with E-state index in [0.29, 0.717) is 22.9 Å². The summed E-state index contributed by atoms with van der Waals surface area (Å²) < 4.78 is 14.7. The van der Waals surface area contributed by atoms with E-state index in [1.165, 1.54) is 0 Å². The van der Waals surface area contributed by atoms with Crippen LogP contribution in [0, 0.1) is 17.1 Å². The number of nitrogens with one attached hydrogen (secondary N) is 1. The lowest BCUT2D eigenvalue weighted by Crippen LogP contribution is -2.01. The first-order valence-electron chi connectivity index (χ1n) is 13.6. The Morgan fingerprint density at radius 2 is 1.87 bits per heavy atom. The Morgan fingerprint density at radius 1 is 1.18 bits per heavy atom. The number of nitrogens with zero attached hydrogens (tertiary/aromatic N) is 2. The van der Waals surface area contributed by atoms with E-state index in [9.17, 15) is 9.18 Å². The van der Waals surface area contributed by atoms with Crippen LogP contribution in [0.15, 0.2) is 65.8 Å². The Kier molecular flexibility index (Phi) is 12.9. The number of benzene rings is 2. The molecule has 206 valence electrons. The van der Waals surface area contributed by atoms with Crippen molar-refractivity contribution in [3.8, 4) is 6.07 Å². The Balaban J connectivity index is 0.000000326. The molecular weight excluding hydrogens is 509 g/mol. The Hall–Kier alpha value is -3.49. The van der Waals surface area contributed by atoms with E-state index in [2.05, 4.69) is 43.4 Å². The van der Waals surface area contributed by atoms with Gasteiger partial charge in [0.15, 0.2) is 11.6 Å². The molecule has 39 heavy (non-hydrogen) atoms. The number of hydrogen-bond acceptors (Lipinski definition) is 3. The Labute approximate surface area is 237 Å². The third-order valence-corrected chi connectivity index (χ3v) is 6.90. The summed E-state index contributed by atoms with van der Waals surface area (Å²) in [5.41, 5.74) is 6.15. The van der Waals surface area contributed by atoms with Crippen LogP contribution >= 0.6 is 11.6 Å². The Morgan fingerprint density at radius 3 is 2.46 bits per heavy atom. The molecule has 1 aromatic heterocycles. The smallest absolute Gasteiger partial charge is 0.162 e. The van der Waals surface area contributed by atoms with Gasteiger partial charge in [-0.05, 0) is 67.7 Å². The predicted octanol–water partition coefficient (Wildman–Crippen LogP) is 9.62. The van der Waals surface area contributed by atoms with Gasteiger partial charge < -0.3 is 4.98 Å². The van der Waals surface area contributed by atoms with Gasteiger partial charge in [-0.3, -0.25) is 9.79 Å². The molecule has 0 aliphatic carbocycles. The predicted molar refractivity (Wildman–Crippen MR) is 162 cm³/mol. The van der Waals surface area contributed by atoms with Crippen molar-refractivity contribution in [2.75, 3.05) is 0 Å². The highest BCUT2D eigenvalue weighted by Gasteiger charge is 2.21. The van der Waals surface area contributed by atoms with Crippen LogP contribution in [0.2, 0.25) is 5.02 Å². The second-order valence-electron chi connectivity index (χ2n) is 9.59. The number of aliphatic imine (C=N–C) groups is 1. The molecule has 1 atom stereocenters. The van der Waals surface area contributed by atoms with Gasteiger partial charge in [0, 0.05) is 46.4 Å². The number of halogens is 2. The van der Waals surface area contributed by atoms with Crippen LogP contribution in [0.25, 0.3) is 10.9 Å². The molecule has 1 heterocycles.